The Labute approximate surface area is 52.4 Å². The zero-order valence-corrected chi connectivity index (χ0v) is 4.66. The molecular weight excluding hydrogens is 155 g/mol. The van der Waals surface area contributed by atoms with Gasteiger partial charge in [0.25, 0.3) is 0 Å². The predicted molar refractivity (Wildman–Crippen MR) is 2.06 cm³/mol. The third-order valence-electron chi connectivity index (χ3n) is 0. The van der Waals surface area contributed by atoms with Crippen molar-refractivity contribution in [2.75, 3.05) is 0 Å². The van der Waals surface area contributed by atoms with E-state index >= 15 is 0 Å². The number of hydrogen-bond donors (Lipinski definition) is 0. The zero-order valence-electron chi connectivity index (χ0n) is 2.06. The summed E-state index contributed by atoms with van der Waals surface area (Å²) in [5.41, 5.74) is 0. The van der Waals surface area contributed by atoms with E-state index < -0.39 is 0 Å². The maximum absolute atomic E-state index is 7.94. The van der Waals surface area contributed by atoms with Gasteiger partial charge >= 0.3 is 41.3 Å². The SMILES string of the molecule is [O-2].[O-2].[O]=[Co].[Ti+4]. The molecule has 0 aliphatic rings. The molecule has 0 spiro atoms. The van der Waals surface area contributed by atoms with E-state index in [0.29, 0.717) is 0 Å². The first-order valence-corrected chi connectivity index (χ1v) is 0.561. The molecule has 0 N–H and O–H groups in total. The third-order valence-corrected chi connectivity index (χ3v) is 0. The Kier molecular flexibility index (Phi) is 668. The molecule has 0 saturated heterocycles. The third kappa shape index (κ3) is 48.3. The van der Waals surface area contributed by atoms with E-state index in [0.717, 1.165) is 0 Å². The van der Waals surface area contributed by atoms with E-state index in [2.05, 4.69) is 15.7 Å². The topological polar surface area (TPSA) is 74.1 Å². The molecule has 5 heavy (non-hydrogen) atoms. The smallest absolute Gasteiger partial charge is 4.00 e. The van der Waals surface area contributed by atoms with Crippen LogP contribution in [0.2, 0.25) is 0 Å². The summed E-state index contributed by atoms with van der Waals surface area (Å²) in [6, 6.07) is 0. The van der Waals surface area contributed by atoms with E-state index in [1.165, 1.54) is 0 Å². The fourth-order valence-electron chi connectivity index (χ4n) is 0. The van der Waals surface area contributed by atoms with Gasteiger partial charge in [0.1, 0.15) is 0 Å². The Hall–Kier alpha value is 0.941. The van der Waals surface area contributed by atoms with Crippen molar-refractivity contribution in [3.05, 3.63) is 0 Å². The van der Waals surface area contributed by atoms with Crippen LogP contribution in [-0.2, 0) is 52.2 Å². The van der Waals surface area contributed by atoms with Crippen molar-refractivity contribution in [1.29, 1.82) is 0 Å². The molecule has 0 amide bonds. The van der Waals surface area contributed by atoms with Crippen LogP contribution >= 0.6 is 0 Å². The van der Waals surface area contributed by atoms with Crippen LogP contribution in [0.5, 0.6) is 0 Å². The Balaban J connectivity index is -0.00000000167. The second-order valence-corrected chi connectivity index (χ2v) is 0. The van der Waals surface area contributed by atoms with Crippen molar-refractivity contribution >= 4 is 0 Å². The van der Waals surface area contributed by atoms with Crippen molar-refractivity contribution in [2.24, 2.45) is 0 Å². The van der Waals surface area contributed by atoms with E-state index in [9.17, 15) is 0 Å². The van der Waals surface area contributed by atoms with Crippen LogP contribution in [-0.4, -0.2) is 0 Å². The molecule has 0 unspecified atom stereocenters. The molecule has 0 bridgehead atoms. The molecule has 0 saturated carbocycles. The minimum atomic E-state index is 0. The Morgan fingerprint density at radius 2 is 1.00 bits per heavy atom. The van der Waals surface area contributed by atoms with Gasteiger partial charge < -0.3 is 11.0 Å². The fourth-order valence-corrected chi connectivity index (χ4v) is 0. The van der Waals surface area contributed by atoms with Gasteiger partial charge in [-0.05, 0) is 0 Å². The minimum absolute atomic E-state index is 0. The van der Waals surface area contributed by atoms with Gasteiger partial charge in [-0.3, -0.25) is 0 Å². The zero-order chi connectivity index (χ0) is 2.00. The van der Waals surface area contributed by atoms with Gasteiger partial charge in [0.2, 0.25) is 0 Å². The first-order valence-electron chi connectivity index (χ1n) is 0.136. The molecule has 0 aromatic rings. The molecule has 0 atom stereocenters. The molecule has 0 aromatic heterocycles. The second kappa shape index (κ2) is 86.7. The average Bonchev–Trinajstić information content (AvgIpc) is 1.00. The van der Waals surface area contributed by atoms with Crippen molar-refractivity contribution in [3.63, 3.8) is 0 Å². The molecule has 0 heterocycles. The summed E-state index contributed by atoms with van der Waals surface area (Å²) in [7, 11) is 0. The first-order chi connectivity index (χ1) is 1.00. The molecule has 0 aromatic carbocycles. The molecule has 5 heteroatoms. The van der Waals surface area contributed by atoms with Crippen LogP contribution in [0.1, 0.15) is 0 Å². The molecule has 0 aliphatic carbocycles. The van der Waals surface area contributed by atoms with E-state index in [4.69, 9.17) is 3.87 Å². The van der Waals surface area contributed by atoms with Crippen molar-refractivity contribution in [2.45, 2.75) is 0 Å². The van der Waals surface area contributed by atoms with Gasteiger partial charge in [-0.1, -0.05) is 0 Å². The number of hydrogen-bond acceptors (Lipinski definition) is 1. The summed E-state index contributed by atoms with van der Waals surface area (Å²) in [5, 5.41) is 0. The Morgan fingerprint density at radius 3 is 1.00 bits per heavy atom. The van der Waals surface area contributed by atoms with E-state index in [1.54, 1.807) is 0 Å². The molecule has 0 rings (SSSR count). The monoisotopic (exact) mass is 155 g/mol. The summed E-state index contributed by atoms with van der Waals surface area (Å²) >= 11 is 2.31. The standard InChI is InChI=1S/Co.3O.Ti/q;;2*-2;+4. The molecule has 3 nitrogen and oxygen atoms in total. The van der Waals surface area contributed by atoms with Crippen LogP contribution in [0.25, 0.3) is 0 Å². The van der Waals surface area contributed by atoms with Gasteiger partial charge in [-0.25, -0.2) is 0 Å². The van der Waals surface area contributed by atoms with Gasteiger partial charge in [0.15, 0.2) is 0 Å². The van der Waals surface area contributed by atoms with Gasteiger partial charge in [0.05, 0.1) is 0 Å². The molecule has 0 radical (unpaired) electrons. The molecule has 31 valence electrons. The fraction of sp³-hybridized carbons (Fsp3) is 0. The Morgan fingerprint density at radius 1 is 1.00 bits per heavy atom. The van der Waals surface area contributed by atoms with Gasteiger partial charge in [-0.2, -0.15) is 0 Å². The van der Waals surface area contributed by atoms with Crippen LogP contribution < -0.4 is 0 Å². The predicted octanol–water partition coefficient (Wildman–Crippen LogP) is -0.361. The maximum atomic E-state index is 7.94. The van der Waals surface area contributed by atoms with Gasteiger partial charge in [0, 0.05) is 0 Å². The average molecular weight is 155 g/mol. The van der Waals surface area contributed by atoms with Crippen molar-refractivity contribution in [3.8, 4) is 0 Å². The summed E-state index contributed by atoms with van der Waals surface area (Å²) in [5.74, 6) is 0. The number of rotatable bonds is 0. The van der Waals surface area contributed by atoms with E-state index in [-0.39, 0.29) is 32.7 Å². The van der Waals surface area contributed by atoms with Gasteiger partial charge in [-0.15, -0.1) is 0 Å². The largest absolute Gasteiger partial charge is 4.00 e. The summed E-state index contributed by atoms with van der Waals surface area (Å²) in [4.78, 5) is 0. The van der Waals surface area contributed by atoms with Crippen LogP contribution in [0.4, 0.5) is 0 Å². The first kappa shape index (κ1) is 38.5. The van der Waals surface area contributed by atoms with Crippen molar-refractivity contribution < 1.29 is 52.2 Å². The molecular formula is CoO3Ti. The maximum Gasteiger partial charge on any atom is 4.00 e. The van der Waals surface area contributed by atoms with Crippen molar-refractivity contribution in [1.82, 2.24) is 0 Å². The summed E-state index contributed by atoms with van der Waals surface area (Å²) in [6.45, 7) is 0. The second-order valence-electron chi connectivity index (χ2n) is 0. The van der Waals surface area contributed by atoms with E-state index in [1.807, 2.05) is 0 Å². The minimum Gasteiger partial charge on any atom is 4.00 e. The molecule has 0 aliphatic heterocycles. The molecule has 0 fully saturated rings. The normalized spacial score (nSPS) is 1.00. The Bertz CT molecular complexity index is 6.85. The summed E-state index contributed by atoms with van der Waals surface area (Å²) < 4.78 is 7.94. The summed E-state index contributed by atoms with van der Waals surface area (Å²) in [6.07, 6.45) is 0. The van der Waals surface area contributed by atoms with Crippen LogP contribution in [0.15, 0.2) is 0 Å². The van der Waals surface area contributed by atoms with Crippen LogP contribution in [0, 0.1) is 0 Å². The quantitative estimate of drug-likeness (QED) is 0.440. The van der Waals surface area contributed by atoms with Crippen LogP contribution in [0.3, 0.4) is 0 Å².